The Morgan fingerprint density at radius 2 is 2.07 bits per heavy atom. The number of amides is 1. The summed E-state index contributed by atoms with van der Waals surface area (Å²) in [5.41, 5.74) is 11.1. The van der Waals surface area contributed by atoms with E-state index in [4.69, 9.17) is 27.8 Å². The summed E-state index contributed by atoms with van der Waals surface area (Å²) >= 11 is 5.68. The van der Waals surface area contributed by atoms with E-state index >= 15 is 0 Å². The molecule has 1 aromatic rings. The predicted octanol–water partition coefficient (Wildman–Crippen LogP) is 1.45. The number of ether oxygens (including phenoxy) is 1. The molecule has 1 amide bonds. The Balaban J connectivity index is 0.00000169. The smallest absolute Gasteiger partial charge is 0.252 e. The monoisotopic (exact) mass is 236 g/mol. The number of methoxy groups -OCH3 is 1. The average Bonchev–Trinajstić information content (AvgIpc) is 2.02. The molecule has 0 bridgehead atoms. The van der Waals surface area contributed by atoms with Crippen molar-refractivity contribution in [1.82, 2.24) is 0 Å². The number of carbonyl (C=O) groups excluding carboxylic acids is 1. The third-order valence-electron chi connectivity index (χ3n) is 1.55. The molecular weight excluding hydrogens is 227 g/mol. The highest BCUT2D eigenvalue weighted by molar-refractivity contribution is 6.31. The lowest BCUT2D eigenvalue weighted by atomic mass is 10.1. The van der Waals surface area contributed by atoms with Crippen molar-refractivity contribution in [1.29, 1.82) is 0 Å². The summed E-state index contributed by atoms with van der Waals surface area (Å²) in [4.78, 5) is 10.9. The number of rotatable bonds is 2. The normalized spacial score (nSPS) is 9.00. The second-order valence-electron chi connectivity index (χ2n) is 2.44. The first-order valence-electron chi connectivity index (χ1n) is 3.49. The molecule has 14 heavy (non-hydrogen) atoms. The molecule has 4 nitrogen and oxygen atoms in total. The first-order valence-corrected chi connectivity index (χ1v) is 3.87. The van der Waals surface area contributed by atoms with Gasteiger partial charge in [0.1, 0.15) is 0 Å². The quantitative estimate of drug-likeness (QED) is 0.764. The molecule has 0 spiro atoms. The fraction of sp³-hybridized carbons (Fsp3) is 0.125. The molecule has 6 heteroatoms. The molecule has 0 fully saturated rings. The van der Waals surface area contributed by atoms with Crippen LogP contribution in [0.4, 0.5) is 5.69 Å². The highest BCUT2D eigenvalue weighted by Crippen LogP contribution is 2.29. The number of nitrogens with two attached hydrogens (primary N) is 2. The second kappa shape index (κ2) is 4.93. The number of anilines is 1. The van der Waals surface area contributed by atoms with Gasteiger partial charge in [-0.15, -0.1) is 12.4 Å². The summed E-state index contributed by atoms with van der Waals surface area (Å²) in [6, 6.07) is 2.91. The Morgan fingerprint density at radius 1 is 1.50 bits per heavy atom. The highest BCUT2D eigenvalue weighted by atomic mass is 35.5. The number of hydrogen-bond donors (Lipinski definition) is 2. The van der Waals surface area contributed by atoms with Crippen LogP contribution in [0.3, 0.4) is 0 Å². The second-order valence-corrected chi connectivity index (χ2v) is 2.88. The maximum Gasteiger partial charge on any atom is 0.252 e. The van der Waals surface area contributed by atoms with Gasteiger partial charge in [-0.2, -0.15) is 0 Å². The molecule has 78 valence electrons. The highest BCUT2D eigenvalue weighted by Gasteiger charge is 2.12. The molecule has 0 atom stereocenters. The van der Waals surface area contributed by atoms with Crippen LogP contribution in [0.1, 0.15) is 10.4 Å². The fourth-order valence-corrected chi connectivity index (χ4v) is 1.25. The summed E-state index contributed by atoms with van der Waals surface area (Å²) in [7, 11) is 1.41. The van der Waals surface area contributed by atoms with Gasteiger partial charge in [-0.1, -0.05) is 11.6 Å². The molecule has 0 aliphatic rings. The maximum atomic E-state index is 10.9. The van der Waals surface area contributed by atoms with E-state index in [1.807, 2.05) is 0 Å². The Hall–Kier alpha value is -1.13. The van der Waals surface area contributed by atoms with Crippen molar-refractivity contribution in [3.63, 3.8) is 0 Å². The van der Waals surface area contributed by atoms with Crippen molar-refractivity contribution in [2.24, 2.45) is 5.73 Å². The number of nitrogen functional groups attached to an aromatic ring is 1. The molecule has 0 heterocycles. The third-order valence-corrected chi connectivity index (χ3v) is 1.77. The molecule has 0 saturated carbocycles. The van der Waals surface area contributed by atoms with Gasteiger partial charge in [0.25, 0.3) is 5.91 Å². The van der Waals surface area contributed by atoms with E-state index < -0.39 is 5.91 Å². The minimum Gasteiger partial charge on any atom is -0.494 e. The Kier molecular flexibility index (Phi) is 4.53. The van der Waals surface area contributed by atoms with Crippen LogP contribution < -0.4 is 16.2 Å². The Bertz CT molecular complexity index is 355. The SMILES string of the molecule is COc1c(N)cc(Cl)cc1C(N)=O.Cl. The number of hydrogen-bond acceptors (Lipinski definition) is 3. The van der Waals surface area contributed by atoms with Crippen molar-refractivity contribution in [2.45, 2.75) is 0 Å². The number of primary amides is 1. The van der Waals surface area contributed by atoms with Gasteiger partial charge < -0.3 is 16.2 Å². The zero-order valence-electron chi connectivity index (χ0n) is 7.41. The molecule has 1 rings (SSSR count). The summed E-state index contributed by atoms with van der Waals surface area (Å²) in [5.74, 6) is -0.358. The topological polar surface area (TPSA) is 78.3 Å². The zero-order chi connectivity index (χ0) is 10.0. The summed E-state index contributed by atoms with van der Waals surface area (Å²) in [6.07, 6.45) is 0. The molecule has 0 aromatic heterocycles. The molecular formula is C8H10Cl2N2O2. The van der Waals surface area contributed by atoms with Crippen LogP contribution in [-0.4, -0.2) is 13.0 Å². The van der Waals surface area contributed by atoms with E-state index in [-0.39, 0.29) is 23.7 Å². The van der Waals surface area contributed by atoms with Gasteiger partial charge in [0.2, 0.25) is 0 Å². The van der Waals surface area contributed by atoms with Crippen LogP contribution in [0.15, 0.2) is 12.1 Å². The van der Waals surface area contributed by atoms with E-state index in [9.17, 15) is 4.79 Å². The first-order chi connectivity index (χ1) is 6.06. The molecule has 4 N–H and O–H groups in total. The lowest BCUT2D eigenvalue weighted by Gasteiger charge is -2.08. The van der Waals surface area contributed by atoms with E-state index in [0.717, 1.165) is 0 Å². The van der Waals surface area contributed by atoms with Crippen molar-refractivity contribution in [3.8, 4) is 5.75 Å². The molecule has 0 aliphatic heterocycles. The van der Waals surface area contributed by atoms with Crippen LogP contribution in [0, 0.1) is 0 Å². The number of benzene rings is 1. The van der Waals surface area contributed by atoms with E-state index in [0.29, 0.717) is 10.7 Å². The third kappa shape index (κ3) is 2.43. The Morgan fingerprint density at radius 3 is 2.50 bits per heavy atom. The van der Waals surface area contributed by atoms with Crippen LogP contribution in [0.5, 0.6) is 5.75 Å². The summed E-state index contributed by atoms with van der Waals surface area (Å²) < 4.78 is 4.91. The van der Waals surface area contributed by atoms with E-state index in [1.165, 1.54) is 19.2 Å². The predicted molar refractivity (Wildman–Crippen MR) is 58.2 cm³/mol. The van der Waals surface area contributed by atoms with Crippen molar-refractivity contribution < 1.29 is 9.53 Å². The van der Waals surface area contributed by atoms with Gasteiger partial charge in [0, 0.05) is 5.02 Å². The fourth-order valence-electron chi connectivity index (χ4n) is 1.03. The Labute approximate surface area is 92.6 Å². The minimum absolute atomic E-state index is 0. The lowest BCUT2D eigenvalue weighted by Crippen LogP contribution is -2.13. The van der Waals surface area contributed by atoms with Gasteiger partial charge in [-0.05, 0) is 12.1 Å². The van der Waals surface area contributed by atoms with Crippen LogP contribution in [0.2, 0.25) is 5.02 Å². The number of carbonyl (C=O) groups is 1. The van der Waals surface area contributed by atoms with Gasteiger partial charge in [-0.3, -0.25) is 4.79 Å². The maximum absolute atomic E-state index is 10.9. The largest absolute Gasteiger partial charge is 0.494 e. The van der Waals surface area contributed by atoms with Gasteiger partial charge >= 0.3 is 0 Å². The summed E-state index contributed by atoms with van der Waals surface area (Å²) in [6.45, 7) is 0. The van der Waals surface area contributed by atoms with Gasteiger partial charge in [-0.25, -0.2) is 0 Å². The van der Waals surface area contributed by atoms with Crippen LogP contribution in [-0.2, 0) is 0 Å². The standard InChI is InChI=1S/C8H9ClN2O2.ClH/c1-13-7-5(8(11)12)2-4(9)3-6(7)10;/h2-3H,10H2,1H3,(H2,11,12);1H. The zero-order valence-corrected chi connectivity index (χ0v) is 8.98. The molecule has 0 unspecified atom stereocenters. The van der Waals surface area contributed by atoms with Crippen LogP contribution >= 0.6 is 24.0 Å². The number of halogens is 2. The lowest BCUT2D eigenvalue weighted by molar-refractivity contribution is 0.0997. The average molecular weight is 237 g/mol. The van der Waals surface area contributed by atoms with Crippen molar-refractivity contribution >= 4 is 35.6 Å². The molecule has 0 radical (unpaired) electrons. The van der Waals surface area contributed by atoms with Crippen molar-refractivity contribution in [3.05, 3.63) is 22.7 Å². The first kappa shape index (κ1) is 12.9. The van der Waals surface area contributed by atoms with E-state index in [2.05, 4.69) is 0 Å². The van der Waals surface area contributed by atoms with Gasteiger partial charge in [0.15, 0.2) is 5.75 Å². The van der Waals surface area contributed by atoms with Crippen molar-refractivity contribution in [2.75, 3.05) is 12.8 Å². The minimum atomic E-state index is -0.619. The summed E-state index contributed by atoms with van der Waals surface area (Å²) in [5, 5.41) is 0.354. The molecule has 0 saturated heterocycles. The van der Waals surface area contributed by atoms with Crippen LogP contribution in [0.25, 0.3) is 0 Å². The molecule has 1 aromatic carbocycles. The van der Waals surface area contributed by atoms with E-state index in [1.54, 1.807) is 0 Å². The molecule has 0 aliphatic carbocycles. The van der Waals surface area contributed by atoms with Gasteiger partial charge in [0.05, 0.1) is 18.4 Å².